The number of benzene rings is 1. The van der Waals surface area contributed by atoms with Gasteiger partial charge in [0.15, 0.2) is 0 Å². The van der Waals surface area contributed by atoms with Crippen LogP contribution >= 0.6 is 0 Å². The van der Waals surface area contributed by atoms with E-state index in [4.69, 9.17) is 4.74 Å². The van der Waals surface area contributed by atoms with Gasteiger partial charge in [0.1, 0.15) is 5.54 Å². The number of nitrogens with zero attached hydrogens (tertiary/aromatic N) is 1. The highest BCUT2D eigenvalue weighted by Crippen LogP contribution is 2.35. The van der Waals surface area contributed by atoms with Gasteiger partial charge in [-0.1, -0.05) is 44.2 Å². The summed E-state index contributed by atoms with van der Waals surface area (Å²) >= 11 is 0. The van der Waals surface area contributed by atoms with Crippen molar-refractivity contribution in [1.82, 2.24) is 4.90 Å². The maximum atomic E-state index is 12.5. The Bertz CT molecular complexity index is 449. The minimum atomic E-state index is -0.695. The van der Waals surface area contributed by atoms with Gasteiger partial charge >= 0.3 is 5.97 Å². The Morgan fingerprint density at radius 2 is 1.75 bits per heavy atom. The number of likely N-dealkylation sites (tertiary alicyclic amines) is 1. The summed E-state index contributed by atoms with van der Waals surface area (Å²) < 4.78 is 5.11. The highest BCUT2D eigenvalue weighted by atomic mass is 16.5. The van der Waals surface area contributed by atoms with Crippen molar-refractivity contribution in [3.63, 3.8) is 0 Å². The first kappa shape index (κ1) is 15.0. The molecule has 0 unspecified atom stereocenters. The van der Waals surface area contributed by atoms with Crippen molar-refractivity contribution in [2.24, 2.45) is 11.8 Å². The zero-order valence-electron chi connectivity index (χ0n) is 12.9. The van der Waals surface area contributed by atoms with Gasteiger partial charge in [-0.15, -0.1) is 0 Å². The van der Waals surface area contributed by atoms with Gasteiger partial charge in [0.25, 0.3) is 0 Å². The molecular weight excluding hydrogens is 250 g/mol. The predicted molar refractivity (Wildman–Crippen MR) is 80.3 cm³/mol. The minimum Gasteiger partial charge on any atom is -0.467 e. The van der Waals surface area contributed by atoms with E-state index in [1.807, 2.05) is 37.3 Å². The standard InChI is InChI=1S/C17H25NO2/c1-13-10-14(2)12-18(11-13)17(3,16(19)20-4)15-8-6-5-7-9-15/h5-9,13-14H,10-12H2,1-4H3/t13-,14-,17-/m1/s1. The van der Waals surface area contributed by atoms with Gasteiger partial charge in [-0.25, -0.2) is 4.79 Å². The molecule has 0 saturated carbocycles. The first-order chi connectivity index (χ1) is 9.48. The number of carbonyl (C=O) groups is 1. The smallest absolute Gasteiger partial charge is 0.330 e. The number of hydrogen-bond donors (Lipinski definition) is 0. The second-order valence-corrected chi connectivity index (χ2v) is 6.28. The number of methoxy groups -OCH3 is 1. The molecule has 0 aromatic heterocycles. The molecule has 0 aliphatic carbocycles. The van der Waals surface area contributed by atoms with Crippen molar-refractivity contribution in [2.75, 3.05) is 20.2 Å². The van der Waals surface area contributed by atoms with Crippen molar-refractivity contribution in [2.45, 2.75) is 32.7 Å². The van der Waals surface area contributed by atoms with E-state index in [1.165, 1.54) is 13.5 Å². The molecule has 0 N–H and O–H groups in total. The van der Waals surface area contributed by atoms with E-state index in [1.54, 1.807) is 0 Å². The molecule has 110 valence electrons. The van der Waals surface area contributed by atoms with Crippen LogP contribution in [0.3, 0.4) is 0 Å². The maximum Gasteiger partial charge on any atom is 0.330 e. The van der Waals surface area contributed by atoms with Crippen LogP contribution in [0.25, 0.3) is 0 Å². The maximum absolute atomic E-state index is 12.5. The molecule has 0 spiro atoms. The van der Waals surface area contributed by atoms with Crippen LogP contribution in [0.5, 0.6) is 0 Å². The molecule has 1 fully saturated rings. The van der Waals surface area contributed by atoms with E-state index in [9.17, 15) is 4.79 Å². The number of esters is 1. The Kier molecular flexibility index (Phi) is 4.48. The summed E-state index contributed by atoms with van der Waals surface area (Å²) in [5.74, 6) is 1.03. The lowest BCUT2D eigenvalue weighted by Crippen LogP contribution is -2.55. The summed E-state index contributed by atoms with van der Waals surface area (Å²) in [6, 6.07) is 9.96. The first-order valence-corrected chi connectivity index (χ1v) is 7.37. The Morgan fingerprint density at radius 1 is 1.20 bits per heavy atom. The summed E-state index contributed by atoms with van der Waals surface area (Å²) in [5.41, 5.74) is 0.312. The SMILES string of the molecule is COC(=O)[C@@](C)(c1ccccc1)N1C[C@H](C)C[C@@H](C)C1. The van der Waals surface area contributed by atoms with Crippen LogP contribution < -0.4 is 0 Å². The summed E-state index contributed by atoms with van der Waals surface area (Å²) in [7, 11) is 1.47. The molecule has 1 aromatic rings. The second kappa shape index (κ2) is 5.96. The van der Waals surface area contributed by atoms with Gasteiger partial charge < -0.3 is 4.74 Å². The Labute approximate surface area is 121 Å². The van der Waals surface area contributed by atoms with Gasteiger partial charge in [-0.2, -0.15) is 0 Å². The van der Waals surface area contributed by atoms with Crippen molar-refractivity contribution < 1.29 is 9.53 Å². The average molecular weight is 275 g/mol. The van der Waals surface area contributed by atoms with Crippen molar-refractivity contribution >= 4 is 5.97 Å². The normalized spacial score (nSPS) is 26.8. The van der Waals surface area contributed by atoms with Crippen LogP contribution in [0.15, 0.2) is 30.3 Å². The van der Waals surface area contributed by atoms with Crippen LogP contribution in [-0.2, 0) is 15.1 Å². The van der Waals surface area contributed by atoms with E-state index in [0.29, 0.717) is 11.8 Å². The highest BCUT2D eigenvalue weighted by molar-refractivity contribution is 5.82. The van der Waals surface area contributed by atoms with Crippen LogP contribution in [0, 0.1) is 11.8 Å². The Morgan fingerprint density at radius 3 is 2.25 bits per heavy atom. The molecule has 0 bridgehead atoms. The number of ether oxygens (including phenoxy) is 1. The lowest BCUT2D eigenvalue weighted by molar-refractivity contribution is -0.157. The number of carbonyl (C=O) groups excluding carboxylic acids is 1. The number of hydrogen-bond acceptors (Lipinski definition) is 3. The van der Waals surface area contributed by atoms with E-state index in [0.717, 1.165) is 18.7 Å². The molecule has 1 heterocycles. The third kappa shape index (κ3) is 2.73. The fourth-order valence-corrected chi connectivity index (χ4v) is 3.42. The van der Waals surface area contributed by atoms with E-state index in [-0.39, 0.29) is 5.97 Å². The molecule has 20 heavy (non-hydrogen) atoms. The molecule has 0 radical (unpaired) electrons. The van der Waals surface area contributed by atoms with E-state index < -0.39 is 5.54 Å². The zero-order chi connectivity index (χ0) is 14.8. The van der Waals surface area contributed by atoms with Crippen molar-refractivity contribution in [1.29, 1.82) is 0 Å². The predicted octanol–water partition coefficient (Wildman–Crippen LogP) is 3.05. The number of rotatable bonds is 3. The van der Waals surface area contributed by atoms with Gasteiger partial charge in [-0.05, 0) is 30.7 Å². The second-order valence-electron chi connectivity index (χ2n) is 6.28. The molecule has 1 aromatic carbocycles. The van der Waals surface area contributed by atoms with Crippen LogP contribution in [0.1, 0.15) is 32.8 Å². The summed E-state index contributed by atoms with van der Waals surface area (Å²) in [6.07, 6.45) is 1.22. The lowest BCUT2D eigenvalue weighted by Gasteiger charge is -2.45. The molecule has 2 rings (SSSR count). The summed E-state index contributed by atoms with van der Waals surface area (Å²) in [6.45, 7) is 8.37. The van der Waals surface area contributed by atoms with Crippen LogP contribution in [-0.4, -0.2) is 31.1 Å². The van der Waals surface area contributed by atoms with E-state index >= 15 is 0 Å². The largest absolute Gasteiger partial charge is 0.467 e. The van der Waals surface area contributed by atoms with Gasteiger partial charge in [0.2, 0.25) is 0 Å². The molecular formula is C17H25NO2. The molecule has 1 saturated heterocycles. The quantitative estimate of drug-likeness (QED) is 0.794. The summed E-state index contributed by atoms with van der Waals surface area (Å²) in [4.78, 5) is 14.8. The van der Waals surface area contributed by atoms with Crippen molar-refractivity contribution in [3.8, 4) is 0 Å². The fraction of sp³-hybridized carbons (Fsp3) is 0.588. The fourth-order valence-electron chi connectivity index (χ4n) is 3.42. The van der Waals surface area contributed by atoms with Crippen LogP contribution in [0.4, 0.5) is 0 Å². The topological polar surface area (TPSA) is 29.5 Å². The minimum absolute atomic E-state index is 0.176. The molecule has 3 heteroatoms. The molecule has 0 amide bonds. The number of piperidine rings is 1. The monoisotopic (exact) mass is 275 g/mol. The Balaban J connectivity index is 2.39. The van der Waals surface area contributed by atoms with Gasteiger partial charge in [0.05, 0.1) is 7.11 Å². The molecule has 3 atom stereocenters. The molecule has 1 aliphatic heterocycles. The lowest BCUT2D eigenvalue weighted by atomic mass is 9.83. The third-order valence-electron chi connectivity index (χ3n) is 4.42. The first-order valence-electron chi connectivity index (χ1n) is 7.37. The van der Waals surface area contributed by atoms with Crippen LogP contribution in [0.2, 0.25) is 0 Å². The van der Waals surface area contributed by atoms with Gasteiger partial charge in [-0.3, -0.25) is 4.90 Å². The average Bonchev–Trinajstić information content (AvgIpc) is 2.45. The third-order valence-corrected chi connectivity index (χ3v) is 4.42. The highest BCUT2D eigenvalue weighted by Gasteiger charge is 2.44. The zero-order valence-corrected chi connectivity index (χ0v) is 12.9. The van der Waals surface area contributed by atoms with E-state index in [2.05, 4.69) is 18.7 Å². The molecule has 1 aliphatic rings. The summed E-state index contributed by atoms with van der Waals surface area (Å²) in [5, 5.41) is 0. The van der Waals surface area contributed by atoms with Gasteiger partial charge in [0, 0.05) is 13.1 Å². The molecule has 3 nitrogen and oxygen atoms in total. The van der Waals surface area contributed by atoms with Crippen molar-refractivity contribution in [3.05, 3.63) is 35.9 Å². The Hall–Kier alpha value is -1.35.